The van der Waals surface area contributed by atoms with Crippen molar-refractivity contribution in [3.63, 3.8) is 0 Å². The number of aryl methyl sites for hydroxylation is 1. The fourth-order valence-corrected chi connectivity index (χ4v) is 2.95. The Kier molecular flexibility index (Phi) is 7.60. The summed E-state index contributed by atoms with van der Waals surface area (Å²) in [5.41, 5.74) is 1.73. The number of halogens is 1. The molecule has 0 radical (unpaired) electrons. The van der Waals surface area contributed by atoms with E-state index in [1.165, 1.54) is 18.4 Å². The lowest BCUT2D eigenvalue weighted by atomic mass is 9.86. The molecule has 0 N–H and O–H groups in total. The molecule has 0 spiro atoms. The number of ether oxygens (including phenoxy) is 1. The molecule has 0 fully saturated rings. The third-order valence-corrected chi connectivity index (χ3v) is 4.98. The Morgan fingerprint density at radius 2 is 1.78 bits per heavy atom. The minimum atomic E-state index is 0.326. The van der Waals surface area contributed by atoms with Gasteiger partial charge in [-0.05, 0) is 31.2 Å². The molecule has 1 aromatic rings. The molecule has 0 saturated heterocycles. The van der Waals surface area contributed by atoms with Crippen LogP contribution < -0.4 is 0 Å². The van der Waals surface area contributed by atoms with Gasteiger partial charge in [0.05, 0.1) is 6.61 Å². The minimum Gasteiger partial charge on any atom is -0.381 e. The monoisotopic (exact) mass is 312 g/mol. The standard InChI is InChI=1S/C16H25BrO/c1-3-16(4-2,13-17)14-18-12-8-11-15-9-6-5-7-10-15/h5-7,9-10H,3-4,8,11-14H2,1-2H3. The van der Waals surface area contributed by atoms with E-state index in [9.17, 15) is 0 Å². The van der Waals surface area contributed by atoms with E-state index < -0.39 is 0 Å². The van der Waals surface area contributed by atoms with Crippen molar-refractivity contribution in [3.05, 3.63) is 35.9 Å². The summed E-state index contributed by atoms with van der Waals surface area (Å²) in [6, 6.07) is 10.6. The second-order valence-corrected chi connectivity index (χ2v) is 5.54. The number of benzene rings is 1. The maximum Gasteiger partial charge on any atom is 0.0530 e. The topological polar surface area (TPSA) is 9.23 Å². The summed E-state index contributed by atoms with van der Waals surface area (Å²) >= 11 is 3.62. The van der Waals surface area contributed by atoms with Crippen LogP contribution in [0, 0.1) is 5.41 Å². The highest BCUT2D eigenvalue weighted by Crippen LogP contribution is 2.29. The molecule has 0 aliphatic carbocycles. The van der Waals surface area contributed by atoms with Crippen LogP contribution in [0.2, 0.25) is 0 Å². The first kappa shape index (κ1) is 15.7. The van der Waals surface area contributed by atoms with E-state index in [0.29, 0.717) is 5.41 Å². The Morgan fingerprint density at radius 1 is 1.11 bits per heavy atom. The number of alkyl halides is 1. The number of hydrogen-bond donors (Lipinski definition) is 0. The van der Waals surface area contributed by atoms with Crippen molar-refractivity contribution in [2.75, 3.05) is 18.5 Å². The summed E-state index contributed by atoms with van der Waals surface area (Å²) < 4.78 is 5.86. The van der Waals surface area contributed by atoms with Crippen LogP contribution in [0.1, 0.15) is 38.7 Å². The van der Waals surface area contributed by atoms with Crippen molar-refractivity contribution in [2.45, 2.75) is 39.5 Å². The van der Waals surface area contributed by atoms with Crippen LogP contribution in [0.4, 0.5) is 0 Å². The third-order valence-electron chi connectivity index (χ3n) is 3.79. The van der Waals surface area contributed by atoms with Gasteiger partial charge in [0.1, 0.15) is 0 Å². The molecule has 18 heavy (non-hydrogen) atoms. The lowest BCUT2D eigenvalue weighted by Crippen LogP contribution is -2.27. The Bertz CT molecular complexity index is 298. The molecule has 0 amide bonds. The lowest BCUT2D eigenvalue weighted by molar-refractivity contribution is 0.0505. The Hall–Kier alpha value is -0.340. The fourth-order valence-electron chi connectivity index (χ4n) is 1.99. The predicted octanol–water partition coefficient (Wildman–Crippen LogP) is 4.84. The van der Waals surface area contributed by atoms with Gasteiger partial charge >= 0.3 is 0 Å². The van der Waals surface area contributed by atoms with E-state index >= 15 is 0 Å². The highest BCUT2D eigenvalue weighted by Gasteiger charge is 2.24. The van der Waals surface area contributed by atoms with E-state index in [4.69, 9.17) is 4.74 Å². The van der Waals surface area contributed by atoms with Gasteiger partial charge in [-0.15, -0.1) is 0 Å². The minimum absolute atomic E-state index is 0.326. The Balaban J connectivity index is 2.18. The zero-order chi connectivity index (χ0) is 13.3. The maximum atomic E-state index is 5.86. The summed E-state index contributed by atoms with van der Waals surface area (Å²) in [5, 5.41) is 1.03. The summed E-state index contributed by atoms with van der Waals surface area (Å²) in [7, 11) is 0. The maximum absolute atomic E-state index is 5.86. The molecule has 0 atom stereocenters. The molecule has 1 aromatic carbocycles. The summed E-state index contributed by atoms with van der Waals surface area (Å²) in [5.74, 6) is 0. The first-order valence-corrected chi connectivity index (χ1v) is 8.06. The van der Waals surface area contributed by atoms with Crippen molar-refractivity contribution in [3.8, 4) is 0 Å². The zero-order valence-corrected chi connectivity index (χ0v) is 13.2. The number of hydrogen-bond acceptors (Lipinski definition) is 1. The van der Waals surface area contributed by atoms with Crippen LogP contribution in [-0.4, -0.2) is 18.5 Å². The molecule has 0 unspecified atom stereocenters. The van der Waals surface area contributed by atoms with E-state index in [1.807, 2.05) is 0 Å². The van der Waals surface area contributed by atoms with Crippen molar-refractivity contribution in [1.29, 1.82) is 0 Å². The zero-order valence-electron chi connectivity index (χ0n) is 11.6. The second-order valence-electron chi connectivity index (χ2n) is 4.98. The number of rotatable bonds is 9. The van der Waals surface area contributed by atoms with Gasteiger partial charge in [0.2, 0.25) is 0 Å². The normalized spacial score (nSPS) is 11.7. The molecule has 0 saturated carbocycles. The molecular formula is C16H25BrO. The third kappa shape index (κ3) is 5.11. The van der Waals surface area contributed by atoms with Crippen molar-refractivity contribution in [1.82, 2.24) is 0 Å². The lowest BCUT2D eigenvalue weighted by Gasteiger charge is -2.29. The van der Waals surface area contributed by atoms with Gasteiger partial charge in [-0.25, -0.2) is 0 Å². The highest BCUT2D eigenvalue weighted by atomic mass is 79.9. The van der Waals surface area contributed by atoms with Crippen LogP contribution in [0.15, 0.2) is 30.3 Å². The average molecular weight is 313 g/mol. The molecule has 0 aliphatic heterocycles. The van der Waals surface area contributed by atoms with Crippen molar-refractivity contribution in [2.24, 2.45) is 5.41 Å². The largest absolute Gasteiger partial charge is 0.381 e. The van der Waals surface area contributed by atoms with Crippen LogP contribution in [0.5, 0.6) is 0 Å². The summed E-state index contributed by atoms with van der Waals surface area (Å²) in [6.45, 7) is 6.24. The molecule has 0 aromatic heterocycles. The van der Waals surface area contributed by atoms with Gasteiger partial charge in [0, 0.05) is 17.4 Å². The van der Waals surface area contributed by atoms with E-state index in [1.54, 1.807) is 0 Å². The predicted molar refractivity (Wildman–Crippen MR) is 82.4 cm³/mol. The molecule has 1 rings (SSSR count). The first-order chi connectivity index (χ1) is 8.76. The van der Waals surface area contributed by atoms with E-state index in [0.717, 1.165) is 31.4 Å². The van der Waals surface area contributed by atoms with Gasteiger partial charge in [0.15, 0.2) is 0 Å². The Morgan fingerprint density at radius 3 is 2.33 bits per heavy atom. The molecule has 1 nitrogen and oxygen atoms in total. The van der Waals surface area contributed by atoms with Crippen LogP contribution in [0.25, 0.3) is 0 Å². The Labute approximate surface area is 120 Å². The molecule has 2 heteroatoms. The molecule has 0 heterocycles. The SMILES string of the molecule is CCC(CC)(CBr)COCCCc1ccccc1. The van der Waals surface area contributed by atoms with Crippen LogP contribution in [0.3, 0.4) is 0 Å². The average Bonchev–Trinajstić information content (AvgIpc) is 2.45. The van der Waals surface area contributed by atoms with Crippen molar-refractivity contribution < 1.29 is 4.74 Å². The smallest absolute Gasteiger partial charge is 0.0530 e. The van der Waals surface area contributed by atoms with Crippen LogP contribution >= 0.6 is 15.9 Å². The second kappa shape index (κ2) is 8.71. The first-order valence-electron chi connectivity index (χ1n) is 6.94. The van der Waals surface area contributed by atoms with Gasteiger partial charge in [-0.3, -0.25) is 0 Å². The van der Waals surface area contributed by atoms with Gasteiger partial charge in [-0.1, -0.05) is 60.1 Å². The summed E-state index contributed by atoms with van der Waals surface area (Å²) in [6.07, 6.45) is 4.57. The molecule has 0 aliphatic rings. The molecule has 102 valence electrons. The van der Waals surface area contributed by atoms with Gasteiger partial charge in [-0.2, -0.15) is 0 Å². The van der Waals surface area contributed by atoms with Gasteiger partial charge in [0.25, 0.3) is 0 Å². The highest BCUT2D eigenvalue weighted by molar-refractivity contribution is 9.09. The van der Waals surface area contributed by atoms with Crippen LogP contribution in [-0.2, 0) is 11.2 Å². The fraction of sp³-hybridized carbons (Fsp3) is 0.625. The molecule has 0 bridgehead atoms. The van der Waals surface area contributed by atoms with Gasteiger partial charge < -0.3 is 4.74 Å². The quantitative estimate of drug-likeness (QED) is 0.468. The molecular weight excluding hydrogens is 288 g/mol. The van der Waals surface area contributed by atoms with E-state index in [-0.39, 0.29) is 0 Å². The van der Waals surface area contributed by atoms with Crippen molar-refractivity contribution >= 4 is 15.9 Å². The van der Waals surface area contributed by atoms with E-state index in [2.05, 4.69) is 60.1 Å². The summed E-state index contributed by atoms with van der Waals surface area (Å²) in [4.78, 5) is 0.